The molecule has 1 atom stereocenters. The molecule has 0 aliphatic carbocycles. The van der Waals surface area contributed by atoms with Crippen LogP contribution in [0, 0.1) is 0 Å². The van der Waals surface area contributed by atoms with E-state index in [2.05, 4.69) is 69.4 Å². The van der Waals surface area contributed by atoms with Crippen molar-refractivity contribution >= 4 is 62.0 Å². The van der Waals surface area contributed by atoms with Crippen LogP contribution >= 0.6 is 0 Å². The Morgan fingerprint density at radius 3 is 1.56 bits per heavy atom. The molecule has 6 heterocycles. The number of ether oxygens (including phenoxy) is 2. The van der Waals surface area contributed by atoms with Crippen LogP contribution in [-0.4, -0.2) is 112 Å². The molecule has 6 N–H and O–H groups in total. The molecule has 0 fully saturated rings. The number of rotatable bonds is 22. The number of nitrogens with two attached hydrogens (primary N) is 2. The Hall–Kier alpha value is -6.11. The van der Waals surface area contributed by atoms with Crippen molar-refractivity contribution in [2.24, 2.45) is 11.5 Å². The van der Waals surface area contributed by atoms with Gasteiger partial charge in [-0.2, -0.15) is 10.2 Å². The minimum absolute atomic E-state index is 0.0333. The van der Waals surface area contributed by atoms with Crippen molar-refractivity contribution in [3.05, 3.63) is 62.0 Å². The molecule has 2 amide bonds. The summed E-state index contributed by atoms with van der Waals surface area (Å²) >= 11 is 0. The molecule has 0 aromatic carbocycles. The average molecular weight is 889 g/mol. The number of carbonyl (C=O) groups is 4. The van der Waals surface area contributed by atoms with Crippen LogP contribution in [-0.2, 0) is 42.1 Å². The van der Waals surface area contributed by atoms with E-state index < -0.39 is 52.0 Å². The first-order valence-corrected chi connectivity index (χ1v) is 27.6. The van der Waals surface area contributed by atoms with Crippen molar-refractivity contribution in [3.63, 3.8) is 0 Å². The van der Waals surface area contributed by atoms with E-state index in [-0.39, 0.29) is 25.7 Å². The van der Waals surface area contributed by atoms with E-state index in [1.807, 2.05) is 33.7 Å². The number of nitrogens with zero attached hydrogens (tertiary/aromatic N) is 10. The second-order valence-electron chi connectivity index (χ2n) is 17.4. The Morgan fingerprint density at radius 1 is 0.694 bits per heavy atom. The number of aliphatic carboxylic acids is 2. The van der Waals surface area contributed by atoms with Crippen molar-refractivity contribution in [3.8, 4) is 22.5 Å². The molecular formula is C40H56N12O8Si2. The molecule has 0 aliphatic rings. The van der Waals surface area contributed by atoms with Crippen LogP contribution in [0.5, 0.6) is 0 Å². The van der Waals surface area contributed by atoms with Crippen molar-refractivity contribution in [2.75, 3.05) is 13.2 Å². The SMILES string of the molecule is C[Si](C)(C)CCOCn1ccc2c(-c3cnn(C(CC(N)=O)CC(N)=O)c3)ncnc21.C[Si](C)(C)CCOCn1ccc2c(-c3cnn(C(CCC(=O)O)C(=O)O)c3)ncnc21. The van der Waals surface area contributed by atoms with Crippen LogP contribution in [0.2, 0.25) is 51.4 Å². The fourth-order valence-corrected chi connectivity index (χ4v) is 7.92. The van der Waals surface area contributed by atoms with Crippen molar-refractivity contribution < 1.29 is 38.9 Å². The summed E-state index contributed by atoms with van der Waals surface area (Å²) in [5.74, 6) is -3.24. The number of carbonyl (C=O) groups excluding carboxylic acids is 2. The summed E-state index contributed by atoms with van der Waals surface area (Å²) in [7, 11) is -2.30. The van der Waals surface area contributed by atoms with Gasteiger partial charge in [0, 0.05) is 95.3 Å². The van der Waals surface area contributed by atoms with Gasteiger partial charge in [-0.15, -0.1) is 0 Å². The Bertz CT molecular complexity index is 2470. The summed E-state index contributed by atoms with van der Waals surface area (Å²) in [6.07, 6.45) is 12.8. The highest BCUT2D eigenvalue weighted by atomic mass is 28.3. The van der Waals surface area contributed by atoms with Gasteiger partial charge >= 0.3 is 11.9 Å². The molecule has 62 heavy (non-hydrogen) atoms. The Kier molecular flexibility index (Phi) is 15.6. The molecule has 0 bridgehead atoms. The third-order valence-electron chi connectivity index (χ3n) is 9.80. The predicted octanol–water partition coefficient (Wildman–Crippen LogP) is 5.00. The number of carboxylic acids is 2. The van der Waals surface area contributed by atoms with Gasteiger partial charge in [0.1, 0.15) is 43.5 Å². The molecule has 20 nitrogen and oxygen atoms in total. The van der Waals surface area contributed by atoms with Crippen LogP contribution in [0.25, 0.3) is 44.6 Å². The highest BCUT2D eigenvalue weighted by molar-refractivity contribution is 6.76. The second-order valence-corrected chi connectivity index (χ2v) is 28.6. The highest BCUT2D eigenvalue weighted by Gasteiger charge is 2.24. The summed E-state index contributed by atoms with van der Waals surface area (Å²) in [6, 6.07) is 4.41. The molecule has 6 aromatic heterocycles. The minimum atomic E-state index is -1.16. The van der Waals surface area contributed by atoms with Gasteiger partial charge in [-0.05, 0) is 30.6 Å². The zero-order valence-corrected chi connectivity index (χ0v) is 38.0. The highest BCUT2D eigenvalue weighted by Crippen LogP contribution is 2.29. The summed E-state index contributed by atoms with van der Waals surface area (Å²) in [6.45, 7) is 16.1. The van der Waals surface area contributed by atoms with Gasteiger partial charge in [0.25, 0.3) is 0 Å². The average Bonchev–Trinajstić information content (AvgIpc) is 4.01. The molecule has 6 rings (SSSR count). The lowest BCUT2D eigenvalue weighted by atomic mass is 10.1. The Labute approximate surface area is 360 Å². The Morgan fingerprint density at radius 2 is 1.15 bits per heavy atom. The van der Waals surface area contributed by atoms with E-state index in [4.69, 9.17) is 26.0 Å². The number of amides is 2. The van der Waals surface area contributed by atoms with Crippen molar-refractivity contribution in [1.82, 2.24) is 48.6 Å². The van der Waals surface area contributed by atoms with E-state index in [1.54, 1.807) is 18.6 Å². The van der Waals surface area contributed by atoms with Crippen molar-refractivity contribution in [2.45, 2.75) is 103 Å². The number of primary amides is 2. The van der Waals surface area contributed by atoms with Gasteiger partial charge in [0.15, 0.2) is 0 Å². The summed E-state index contributed by atoms with van der Waals surface area (Å²) in [5.41, 5.74) is 14.8. The molecule has 332 valence electrons. The standard InChI is InChI=1S/C20H29N7O3Si.C20H27N5O5Si/c1-31(2,3)7-6-30-13-26-5-4-16-19(23-12-24-20(16)26)14-10-25-27(11-14)15(8-17(21)28)9-18(22)29;1-31(2,3)9-8-30-13-24-7-6-15-18(21-12-22-19(15)24)14-10-23-25(11-14)16(20(28)29)4-5-17(26)27/h4-5,10-12,15H,6-9,13H2,1-3H3,(H2,21,28)(H2,22,29);6-7,10-12,16H,4-5,8-9,13H2,1-3H3,(H,26,27)(H,28,29). The molecule has 1 unspecified atom stereocenters. The first-order valence-electron chi connectivity index (χ1n) is 20.1. The van der Waals surface area contributed by atoms with E-state index in [9.17, 15) is 24.3 Å². The number of hydrogen-bond acceptors (Lipinski definition) is 12. The normalized spacial score (nSPS) is 12.4. The summed E-state index contributed by atoms with van der Waals surface area (Å²) in [4.78, 5) is 62.7. The van der Waals surface area contributed by atoms with Gasteiger partial charge in [0.2, 0.25) is 11.8 Å². The smallest absolute Gasteiger partial charge is 0.328 e. The molecule has 0 radical (unpaired) electrons. The zero-order valence-electron chi connectivity index (χ0n) is 36.0. The largest absolute Gasteiger partial charge is 0.481 e. The van der Waals surface area contributed by atoms with Gasteiger partial charge in [-0.1, -0.05) is 39.3 Å². The number of aromatic nitrogens is 10. The lowest BCUT2D eigenvalue weighted by Gasteiger charge is -2.15. The third-order valence-corrected chi connectivity index (χ3v) is 13.2. The number of carboxylic acid groups (broad SMARTS) is 2. The maximum atomic E-state index is 11.6. The monoisotopic (exact) mass is 888 g/mol. The summed E-state index contributed by atoms with van der Waals surface area (Å²) in [5, 5.41) is 28.4. The fraction of sp³-hybridized carbons (Fsp3) is 0.450. The first-order chi connectivity index (χ1) is 29.3. The van der Waals surface area contributed by atoms with Gasteiger partial charge in [-0.25, -0.2) is 24.7 Å². The van der Waals surface area contributed by atoms with Crippen LogP contribution in [0.15, 0.2) is 62.0 Å². The van der Waals surface area contributed by atoms with E-state index >= 15 is 0 Å². The second kappa shape index (κ2) is 20.6. The lowest BCUT2D eigenvalue weighted by Crippen LogP contribution is -2.24. The maximum Gasteiger partial charge on any atom is 0.328 e. The topological polar surface area (TPSA) is 276 Å². The maximum absolute atomic E-state index is 11.6. The molecule has 0 saturated heterocycles. The quantitative estimate of drug-likeness (QED) is 0.0516. The van der Waals surface area contributed by atoms with Gasteiger partial charge in [-0.3, -0.25) is 23.7 Å². The molecular weight excluding hydrogens is 833 g/mol. The van der Waals surface area contributed by atoms with Crippen molar-refractivity contribution in [1.29, 1.82) is 0 Å². The van der Waals surface area contributed by atoms with Gasteiger partial charge < -0.3 is 40.3 Å². The third kappa shape index (κ3) is 13.2. The lowest BCUT2D eigenvalue weighted by molar-refractivity contribution is -0.142. The number of fused-ring (bicyclic) bond motifs is 2. The molecule has 0 spiro atoms. The van der Waals surface area contributed by atoms with E-state index in [1.165, 1.54) is 28.2 Å². The first kappa shape index (κ1) is 47.0. The van der Waals surface area contributed by atoms with Crippen LogP contribution < -0.4 is 11.5 Å². The van der Waals surface area contributed by atoms with Gasteiger partial charge in [0.05, 0.1) is 29.8 Å². The molecule has 0 saturated carbocycles. The molecule has 6 aromatic rings. The molecule has 0 aliphatic heterocycles. The Balaban J connectivity index is 0.000000234. The van der Waals surface area contributed by atoms with Crippen LogP contribution in [0.3, 0.4) is 0 Å². The minimum Gasteiger partial charge on any atom is -0.481 e. The number of hydrogen-bond donors (Lipinski definition) is 4. The van der Waals surface area contributed by atoms with Crippen LogP contribution in [0.1, 0.15) is 37.8 Å². The fourth-order valence-electron chi connectivity index (χ4n) is 6.40. The zero-order chi connectivity index (χ0) is 45.2. The molecule has 22 heteroatoms. The summed E-state index contributed by atoms with van der Waals surface area (Å²) < 4.78 is 18.3. The van der Waals surface area contributed by atoms with E-state index in [0.29, 0.717) is 42.7 Å². The van der Waals surface area contributed by atoms with Crippen LogP contribution in [0.4, 0.5) is 0 Å². The predicted molar refractivity (Wildman–Crippen MR) is 236 cm³/mol. The van der Waals surface area contributed by atoms with E-state index in [0.717, 1.165) is 40.7 Å².